The minimum atomic E-state index is 0.551. The van der Waals surface area contributed by atoms with Crippen LogP contribution in [0, 0.1) is 6.92 Å². The molecule has 1 aromatic carbocycles. The molecule has 1 rings (SSSR count). The fourth-order valence-electron chi connectivity index (χ4n) is 1.43. The summed E-state index contributed by atoms with van der Waals surface area (Å²) < 4.78 is 5.65. The smallest absolute Gasteiger partial charge is 0.119 e. The summed E-state index contributed by atoms with van der Waals surface area (Å²) in [6.45, 7) is 4.91. The summed E-state index contributed by atoms with van der Waals surface area (Å²) in [6, 6.07) is 6.32. The van der Waals surface area contributed by atoms with Crippen molar-refractivity contribution in [1.29, 1.82) is 0 Å². The quantitative estimate of drug-likeness (QED) is 0.771. The predicted molar refractivity (Wildman–Crippen MR) is 69.4 cm³/mol. The Balaban J connectivity index is 2.29. The average Bonchev–Trinajstić information content (AvgIpc) is 2.28. The van der Waals surface area contributed by atoms with Crippen molar-refractivity contribution in [3.05, 3.63) is 28.8 Å². The van der Waals surface area contributed by atoms with E-state index in [1.54, 1.807) is 0 Å². The maximum Gasteiger partial charge on any atom is 0.119 e. The number of aryl methyl sites for hydroxylation is 1. The highest BCUT2D eigenvalue weighted by molar-refractivity contribution is 6.31. The molecule has 1 aromatic rings. The third-order valence-electron chi connectivity index (χ3n) is 2.67. The van der Waals surface area contributed by atoms with E-state index in [0.717, 1.165) is 35.8 Å². The molecule has 0 aliphatic heterocycles. The Labute approximate surface area is 103 Å². The van der Waals surface area contributed by atoms with Crippen LogP contribution in [0.15, 0.2) is 18.2 Å². The second-order valence-corrected chi connectivity index (χ2v) is 4.50. The van der Waals surface area contributed by atoms with E-state index in [-0.39, 0.29) is 0 Å². The van der Waals surface area contributed by atoms with Crippen LogP contribution in [0.5, 0.6) is 5.75 Å². The Hall–Kier alpha value is -0.730. The topological polar surface area (TPSA) is 21.3 Å². The van der Waals surface area contributed by atoms with Crippen molar-refractivity contribution in [3.8, 4) is 5.75 Å². The summed E-state index contributed by atoms with van der Waals surface area (Å²) >= 11 is 5.94. The molecule has 0 saturated carbocycles. The van der Waals surface area contributed by atoms with E-state index in [0.29, 0.717) is 6.04 Å². The van der Waals surface area contributed by atoms with Crippen LogP contribution in [-0.4, -0.2) is 19.7 Å². The number of halogens is 1. The van der Waals surface area contributed by atoms with Crippen molar-refractivity contribution in [2.24, 2.45) is 0 Å². The molecule has 1 atom stereocenters. The van der Waals surface area contributed by atoms with Crippen molar-refractivity contribution in [1.82, 2.24) is 5.32 Å². The number of ether oxygens (including phenoxy) is 1. The normalized spacial score (nSPS) is 12.5. The molecule has 0 heterocycles. The Morgan fingerprint density at radius 3 is 2.81 bits per heavy atom. The molecule has 0 fully saturated rings. The first-order valence-electron chi connectivity index (χ1n) is 5.69. The van der Waals surface area contributed by atoms with Gasteiger partial charge in [-0.05, 0) is 57.5 Å². The van der Waals surface area contributed by atoms with Gasteiger partial charge >= 0.3 is 0 Å². The molecule has 1 N–H and O–H groups in total. The second kappa shape index (κ2) is 6.77. The monoisotopic (exact) mass is 241 g/mol. The number of rotatable bonds is 6. The Morgan fingerprint density at radius 1 is 1.44 bits per heavy atom. The minimum Gasteiger partial charge on any atom is -0.494 e. The lowest BCUT2D eigenvalue weighted by Crippen LogP contribution is -2.21. The zero-order chi connectivity index (χ0) is 12.0. The van der Waals surface area contributed by atoms with Crippen molar-refractivity contribution >= 4 is 11.6 Å². The van der Waals surface area contributed by atoms with Crippen LogP contribution in [0.2, 0.25) is 5.02 Å². The fourth-order valence-corrected chi connectivity index (χ4v) is 1.55. The van der Waals surface area contributed by atoms with Gasteiger partial charge in [-0.2, -0.15) is 0 Å². The molecule has 0 bridgehead atoms. The summed E-state index contributed by atoms with van der Waals surface area (Å²) in [5.74, 6) is 0.902. The number of hydrogen-bond donors (Lipinski definition) is 1. The van der Waals surface area contributed by atoms with Gasteiger partial charge in [0.25, 0.3) is 0 Å². The van der Waals surface area contributed by atoms with Crippen LogP contribution in [0.1, 0.15) is 25.3 Å². The molecule has 0 amide bonds. The molecule has 0 radical (unpaired) electrons. The molecule has 16 heavy (non-hydrogen) atoms. The number of hydrogen-bond acceptors (Lipinski definition) is 2. The van der Waals surface area contributed by atoms with E-state index in [4.69, 9.17) is 16.3 Å². The van der Waals surface area contributed by atoms with Gasteiger partial charge in [0.2, 0.25) is 0 Å². The van der Waals surface area contributed by atoms with Gasteiger partial charge < -0.3 is 10.1 Å². The fraction of sp³-hybridized carbons (Fsp3) is 0.538. The third kappa shape index (κ3) is 4.42. The van der Waals surface area contributed by atoms with Gasteiger partial charge in [-0.25, -0.2) is 0 Å². The van der Waals surface area contributed by atoms with Crippen molar-refractivity contribution < 1.29 is 4.74 Å². The second-order valence-electron chi connectivity index (χ2n) is 4.09. The van der Waals surface area contributed by atoms with Crippen LogP contribution >= 0.6 is 11.6 Å². The van der Waals surface area contributed by atoms with E-state index in [9.17, 15) is 0 Å². The number of benzene rings is 1. The molecule has 0 saturated heterocycles. The van der Waals surface area contributed by atoms with Gasteiger partial charge in [0.15, 0.2) is 0 Å². The zero-order valence-electron chi connectivity index (χ0n) is 10.2. The zero-order valence-corrected chi connectivity index (χ0v) is 11.0. The van der Waals surface area contributed by atoms with Gasteiger partial charge in [0, 0.05) is 11.1 Å². The summed E-state index contributed by atoms with van der Waals surface area (Å²) in [5, 5.41) is 4.00. The van der Waals surface area contributed by atoms with Crippen molar-refractivity contribution in [2.45, 2.75) is 32.7 Å². The minimum absolute atomic E-state index is 0.551. The summed E-state index contributed by atoms with van der Waals surface area (Å²) in [7, 11) is 1.98. The molecule has 2 nitrogen and oxygen atoms in total. The van der Waals surface area contributed by atoms with E-state index in [2.05, 4.69) is 12.2 Å². The summed E-state index contributed by atoms with van der Waals surface area (Å²) in [6.07, 6.45) is 2.19. The maximum atomic E-state index is 5.94. The lowest BCUT2D eigenvalue weighted by molar-refractivity contribution is 0.299. The van der Waals surface area contributed by atoms with Crippen LogP contribution in [0.4, 0.5) is 0 Å². The molecular formula is C13H20ClNO. The molecule has 3 heteroatoms. The molecule has 0 aliphatic rings. The van der Waals surface area contributed by atoms with E-state index < -0.39 is 0 Å². The predicted octanol–water partition coefficient (Wildman–Crippen LogP) is 3.42. The summed E-state index contributed by atoms with van der Waals surface area (Å²) in [4.78, 5) is 0. The van der Waals surface area contributed by atoms with Gasteiger partial charge in [-0.1, -0.05) is 11.6 Å². The molecule has 0 aliphatic carbocycles. The van der Waals surface area contributed by atoms with Gasteiger partial charge in [-0.3, -0.25) is 0 Å². The van der Waals surface area contributed by atoms with E-state index in [1.807, 2.05) is 32.2 Å². The highest BCUT2D eigenvalue weighted by Crippen LogP contribution is 2.21. The number of nitrogens with one attached hydrogen (secondary N) is 1. The first-order chi connectivity index (χ1) is 7.63. The first kappa shape index (κ1) is 13.3. The largest absolute Gasteiger partial charge is 0.494 e. The van der Waals surface area contributed by atoms with Crippen LogP contribution in [0.3, 0.4) is 0 Å². The molecule has 1 unspecified atom stereocenters. The highest BCUT2D eigenvalue weighted by Gasteiger charge is 2.00. The molecule has 90 valence electrons. The molecule has 0 aromatic heterocycles. The van der Waals surface area contributed by atoms with Gasteiger partial charge in [-0.15, -0.1) is 0 Å². The third-order valence-corrected chi connectivity index (χ3v) is 3.10. The average molecular weight is 242 g/mol. The Morgan fingerprint density at radius 2 is 2.19 bits per heavy atom. The molecule has 0 spiro atoms. The van der Waals surface area contributed by atoms with E-state index >= 15 is 0 Å². The maximum absolute atomic E-state index is 5.94. The van der Waals surface area contributed by atoms with Crippen molar-refractivity contribution in [2.75, 3.05) is 13.7 Å². The Bertz CT molecular complexity index is 328. The Kier molecular flexibility index (Phi) is 5.64. The lowest BCUT2D eigenvalue weighted by atomic mass is 10.2. The van der Waals surface area contributed by atoms with Crippen LogP contribution < -0.4 is 10.1 Å². The summed E-state index contributed by atoms with van der Waals surface area (Å²) in [5.41, 5.74) is 1.06. The van der Waals surface area contributed by atoms with Gasteiger partial charge in [0.05, 0.1) is 6.61 Å². The van der Waals surface area contributed by atoms with Gasteiger partial charge in [0.1, 0.15) is 5.75 Å². The standard InChI is InChI=1S/C13H20ClNO/c1-10-9-12(6-7-13(10)14)16-8-4-5-11(2)15-3/h6-7,9,11,15H,4-5,8H2,1-3H3. The van der Waals surface area contributed by atoms with Crippen LogP contribution in [0.25, 0.3) is 0 Å². The lowest BCUT2D eigenvalue weighted by Gasteiger charge is -2.11. The first-order valence-corrected chi connectivity index (χ1v) is 6.07. The van der Waals surface area contributed by atoms with E-state index in [1.165, 1.54) is 0 Å². The highest BCUT2D eigenvalue weighted by atomic mass is 35.5. The van der Waals surface area contributed by atoms with Crippen molar-refractivity contribution in [3.63, 3.8) is 0 Å². The molecular weight excluding hydrogens is 222 g/mol. The van der Waals surface area contributed by atoms with Crippen LogP contribution in [-0.2, 0) is 0 Å². The SMILES string of the molecule is CNC(C)CCCOc1ccc(Cl)c(C)c1.